The van der Waals surface area contributed by atoms with Crippen LogP contribution < -0.4 is 0 Å². The van der Waals surface area contributed by atoms with Crippen molar-refractivity contribution in [2.24, 2.45) is 5.41 Å². The molecule has 34 heavy (non-hydrogen) atoms. The van der Waals surface area contributed by atoms with Gasteiger partial charge in [-0.2, -0.15) is 0 Å². The van der Waals surface area contributed by atoms with Gasteiger partial charge in [-0.05, 0) is 26.2 Å². The van der Waals surface area contributed by atoms with Gasteiger partial charge < -0.3 is 4.74 Å². The van der Waals surface area contributed by atoms with Crippen LogP contribution in [-0.2, 0) is 9.53 Å². The van der Waals surface area contributed by atoms with E-state index in [2.05, 4.69) is 27.7 Å². The lowest BCUT2D eigenvalue weighted by Gasteiger charge is -2.27. The van der Waals surface area contributed by atoms with Gasteiger partial charge in [0.25, 0.3) is 0 Å². The molecule has 1 atom stereocenters. The van der Waals surface area contributed by atoms with Crippen molar-refractivity contribution < 1.29 is 9.53 Å². The fraction of sp³-hybridized carbons (Fsp3) is 0.969. The van der Waals surface area contributed by atoms with Crippen molar-refractivity contribution in [3.8, 4) is 0 Å². The first-order chi connectivity index (χ1) is 16.6. The summed E-state index contributed by atoms with van der Waals surface area (Å²) in [6.45, 7) is 9.59. The van der Waals surface area contributed by atoms with Crippen molar-refractivity contribution in [2.45, 2.75) is 188 Å². The normalized spacial score (nSPS) is 13.2. The number of ether oxygens (including phenoxy) is 1. The van der Waals surface area contributed by atoms with Gasteiger partial charge in [-0.15, -0.1) is 0 Å². The lowest BCUT2D eigenvalue weighted by Crippen LogP contribution is -2.30. The summed E-state index contributed by atoms with van der Waals surface area (Å²) in [5.74, 6) is 0.0779. The van der Waals surface area contributed by atoms with Gasteiger partial charge in [0.2, 0.25) is 0 Å². The van der Waals surface area contributed by atoms with Gasteiger partial charge in [0.1, 0.15) is 0 Å². The molecule has 0 aromatic heterocycles. The first-order valence-electron chi connectivity index (χ1n) is 15.8. The fourth-order valence-corrected chi connectivity index (χ4v) is 5.03. The average Bonchev–Trinajstić information content (AvgIpc) is 2.84. The monoisotopic (exact) mass is 480 g/mol. The van der Waals surface area contributed by atoms with E-state index < -0.39 is 0 Å². The molecule has 0 aliphatic carbocycles. The van der Waals surface area contributed by atoms with Crippen molar-refractivity contribution >= 4 is 5.97 Å². The summed E-state index contributed by atoms with van der Waals surface area (Å²) in [4.78, 5) is 13.0. The third-order valence-electron chi connectivity index (χ3n) is 7.64. The van der Waals surface area contributed by atoms with Crippen molar-refractivity contribution in [3.05, 3.63) is 0 Å². The largest absolute Gasteiger partial charge is 0.465 e. The SMILES string of the molecule is CCCCCCCCCCCCCCCCOC(=O)C(C)(CCCCCC)CCCCCCC. The van der Waals surface area contributed by atoms with E-state index >= 15 is 0 Å². The third kappa shape index (κ3) is 20.8. The molecule has 2 nitrogen and oxygen atoms in total. The Kier molecular flexibility index (Phi) is 25.2. The second-order valence-electron chi connectivity index (χ2n) is 11.3. The van der Waals surface area contributed by atoms with Crippen LogP contribution in [0, 0.1) is 5.41 Å². The number of rotatable bonds is 27. The molecular formula is C32H64O2. The summed E-state index contributed by atoms with van der Waals surface area (Å²) in [5, 5.41) is 0. The Morgan fingerprint density at radius 2 is 0.765 bits per heavy atom. The van der Waals surface area contributed by atoms with Crippen molar-refractivity contribution in [2.75, 3.05) is 6.61 Å². The van der Waals surface area contributed by atoms with Gasteiger partial charge in [0.15, 0.2) is 0 Å². The Balaban J connectivity index is 3.85. The molecule has 0 saturated heterocycles. The molecule has 0 bridgehead atoms. The topological polar surface area (TPSA) is 26.3 Å². The standard InChI is InChI=1S/C32H64O2/c1-5-8-11-14-15-16-17-18-19-20-21-22-24-27-30-34-31(33)32(4,28-25-13-10-7-3)29-26-23-12-9-6-2/h5-30H2,1-4H3. The highest BCUT2D eigenvalue weighted by Crippen LogP contribution is 2.33. The summed E-state index contributed by atoms with van der Waals surface area (Å²) in [5.41, 5.74) is -0.268. The molecule has 0 spiro atoms. The van der Waals surface area contributed by atoms with Crippen LogP contribution in [-0.4, -0.2) is 12.6 Å². The predicted molar refractivity (Wildman–Crippen MR) is 152 cm³/mol. The number of hydrogen-bond donors (Lipinski definition) is 0. The van der Waals surface area contributed by atoms with Crippen LogP contribution in [0.3, 0.4) is 0 Å². The molecule has 2 heteroatoms. The second kappa shape index (κ2) is 25.6. The second-order valence-corrected chi connectivity index (χ2v) is 11.3. The van der Waals surface area contributed by atoms with Crippen LogP contribution in [0.1, 0.15) is 188 Å². The number of carbonyl (C=O) groups excluding carboxylic acids is 1. The summed E-state index contributed by atoms with van der Waals surface area (Å²) >= 11 is 0. The van der Waals surface area contributed by atoms with Gasteiger partial charge in [0.05, 0.1) is 12.0 Å². The fourth-order valence-electron chi connectivity index (χ4n) is 5.03. The zero-order chi connectivity index (χ0) is 25.2. The summed E-state index contributed by atoms with van der Waals surface area (Å²) in [6, 6.07) is 0. The summed E-state index contributed by atoms with van der Waals surface area (Å²) in [6.07, 6.45) is 32.2. The zero-order valence-electron chi connectivity index (χ0n) is 24.2. The Morgan fingerprint density at radius 1 is 0.471 bits per heavy atom. The highest BCUT2D eigenvalue weighted by atomic mass is 16.5. The molecule has 0 fully saturated rings. The number of esters is 1. The molecule has 0 aliphatic rings. The Labute approximate surface area is 215 Å². The first kappa shape index (κ1) is 33.5. The van der Waals surface area contributed by atoms with E-state index in [-0.39, 0.29) is 11.4 Å². The lowest BCUT2D eigenvalue weighted by molar-refractivity contribution is -0.156. The maximum atomic E-state index is 13.0. The summed E-state index contributed by atoms with van der Waals surface area (Å²) < 4.78 is 5.81. The maximum absolute atomic E-state index is 13.0. The smallest absolute Gasteiger partial charge is 0.311 e. The molecule has 0 amide bonds. The van der Waals surface area contributed by atoms with Crippen molar-refractivity contribution in [1.82, 2.24) is 0 Å². The van der Waals surface area contributed by atoms with E-state index in [1.807, 2.05) is 0 Å². The van der Waals surface area contributed by atoms with Crippen molar-refractivity contribution in [1.29, 1.82) is 0 Å². The van der Waals surface area contributed by atoms with E-state index in [1.54, 1.807) is 0 Å². The van der Waals surface area contributed by atoms with E-state index in [0.717, 1.165) is 32.1 Å². The van der Waals surface area contributed by atoms with Crippen LogP contribution in [0.4, 0.5) is 0 Å². The van der Waals surface area contributed by atoms with E-state index in [1.165, 1.54) is 128 Å². The molecule has 0 N–H and O–H groups in total. The molecule has 0 heterocycles. The van der Waals surface area contributed by atoms with Gasteiger partial charge in [-0.3, -0.25) is 4.79 Å². The van der Waals surface area contributed by atoms with Crippen LogP contribution in [0.15, 0.2) is 0 Å². The number of carbonyl (C=O) groups is 1. The predicted octanol–water partition coefficient (Wildman–Crippen LogP) is 11.3. The number of unbranched alkanes of at least 4 members (excludes halogenated alkanes) is 20. The maximum Gasteiger partial charge on any atom is 0.311 e. The first-order valence-corrected chi connectivity index (χ1v) is 15.8. The van der Waals surface area contributed by atoms with Crippen LogP contribution in [0.5, 0.6) is 0 Å². The minimum absolute atomic E-state index is 0.0779. The Bertz CT molecular complexity index is 419. The molecule has 0 aromatic rings. The molecule has 1 unspecified atom stereocenters. The number of hydrogen-bond acceptors (Lipinski definition) is 2. The minimum Gasteiger partial charge on any atom is -0.465 e. The highest BCUT2D eigenvalue weighted by molar-refractivity contribution is 5.76. The average molecular weight is 481 g/mol. The molecular weight excluding hydrogens is 416 g/mol. The summed E-state index contributed by atoms with van der Waals surface area (Å²) in [7, 11) is 0. The van der Waals surface area contributed by atoms with Gasteiger partial charge in [-0.1, -0.05) is 162 Å². The lowest BCUT2D eigenvalue weighted by atomic mass is 9.79. The van der Waals surface area contributed by atoms with Gasteiger partial charge in [0, 0.05) is 0 Å². The highest BCUT2D eigenvalue weighted by Gasteiger charge is 2.33. The molecule has 0 rings (SSSR count). The van der Waals surface area contributed by atoms with Crippen LogP contribution in [0.25, 0.3) is 0 Å². The molecule has 0 aromatic carbocycles. The van der Waals surface area contributed by atoms with Gasteiger partial charge in [-0.25, -0.2) is 0 Å². The van der Waals surface area contributed by atoms with E-state index in [0.29, 0.717) is 6.61 Å². The van der Waals surface area contributed by atoms with Gasteiger partial charge >= 0.3 is 5.97 Å². The quantitative estimate of drug-likeness (QED) is 0.0862. The molecule has 0 aliphatic heterocycles. The molecule has 204 valence electrons. The van der Waals surface area contributed by atoms with Crippen molar-refractivity contribution in [3.63, 3.8) is 0 Å². The van der Waals surface area contributed by atoms with Crippen LogP contribution in [0.2, 0.25) is 0 Å². The van der Waals surface area contributed by atoms with E-state index in [4.69, 9.17) is 4.74 Å². The third-order valence-corrected chi connectivity index (χ3v) is 7.64. The Morgan fingerprint density at radius 3 is 1.15 bits per heavy atom. The molecule has 0 saturated carbocycles. The Hall–Kier alpha value is -0.530. The minimum atomic E-state index is -0.268. The molecule has 0 radical (unpaired) electrons. The van der Waals surface area contributed by atoms with Crippen LogP contribution >= 0.6 is 0 Å². The van der Waals surface area contributed by atoms with E-state index in [9.17, 15) is 4.79 Å². The zero-order valence-corrected chi connectivity index (χ0v) is 24.2.